The number of benzene rings is 1. The molecule has 2 N–H and O–H groups in total. The van der Waals surface area contributed by atoms with Gasteiger partial charge >= 0.3 is 12.0 Å². The fraction of sp³-hybridized carbons (Fsp3) is 0.500. The van der Waals surface area contributed by atoms with E-state index >= 15 is 0 Å². The first-order chi connectivity index (χ1) is 10.1. The zero-order chi connectivity index (χ0) is 15.7. The number of carboxylic acid groups (broad SMARTS) is 1. The van der Waals surface area contributed by atoms with Gasteiger partial charge in [0, 0.05) is 25.6 Å². The predicted octanol–water partition coefficient (Wildman–Crippen LogP) is 2.69. The predicted molar refractivity (Wildman–Crippen MR) is 82.4 cm³/mol. The Morgan fingerprint density at radius 2 is 1.90 bits per heavy atom. The molecule has 0 spiro atoms. The van der Waals surface area contributed by atoms with Gasteiger partial charge in [0.05, 0.1) is 6.42 Å². The van der Waals surface area contributed by atoms with E-state index in [1.807, 2.05) is 25.1 Å². The lowest BCUT2D eigenvalue weighted by molar-refractivity contribution is -0.136. The summed E-state index contributed by atoms with van der Waals surface area (Å²) < 4.78 is 0. The van der Waals surface area contributed by atoms with E-state index in [0.717, 1.165) is 6.42 Å². The molecular formula is C16H24N2O3. The van der Waals surface area contributed by atoms with E-state index in [1.54, 1.807) is 4.90 Å². The number of hydrogen-bond acceptors (Lipinski definition) is 2. The van der Waals surface area contributed by atoms with Crippen LogP contribution in [0.15, 0.2) is 30.3 Å². The lowest BCUT2D eigenvalue weighted by Crippen LogP contribution is -2.42. The van der Waals surface area contributed by atoms with Crippen molar-refractivity contribution < 1.29 is 14.7 Å². The summed E-state index contributed by atoms with van der Waals surface area (Å²) >= 11 is 0. The zero-order valence-corrected chi connectivity index (χ0v) is 12.7. The summed E-state index contributed by atoms with van der Waals surface area (Å²) in [5.74, 6) is -0.620. The van der Waals surface area contributed by atoms with Gasteiger partial charge in [0.25, 0.3) is 0 Å². The molecule has 0 aromatic heterocycles. The Bertz CT molecular complexity index is 448. The highest BCUT2D eigenvalue weighted by Crippen LogP contribution is 2.20. The number of amides is 2. The topological polar surface area (TPSA) is 69.6 Å². The monoisotopic (exact) mass is 292 g/mol. The molecule has 5 nitrogen and oxygen atoms in total. The van der Waals surface area contributed by atoms with Gasteiger partial charge in [-0.3, -0.25) is 4.79 Å². The summed E-state index contributed by atoms with van der Waals surface area (Å²) in [7, 11) is 0. The molecule has 116 valence electrons. The van der Waals surface area contributed by atoms with Crippen molar-refractivity contribution >= 4 is 12.0 Å². The number of carbonyl (C=O) groups excluding carboxylic acids is 1. The Morgan fingerprint density at radius 3 is 2.43 bits per heavy atom. The summed E-state index contributed by atoms with van der Waals surface area (Å²) in [4.78, 5) is 24.2. The molecule has 1 unspecified atom stereocenters. The summed E-state index contributed by atoms with van der Waals surface area (Å²) in [6.45, 7) is 5.42. The third-order valence-corrected chi connectivity index (χ3v) is 3.49. The van der Waals surface area contributed by atoms with E-state index in [2.05, 4.69) is 24.4 Å². The molecule has 1 rings (SSSR count). The number of rotatable bonds is 8. The molecule has 2 amide bonds. The summed E-state index contributed by atoms with van der Waals surface area (Å²) in [6.07, 6.45) is 0.891. The minimum Gasteiger partial charge on any atom is -0.481 e. The highest BCUT2D eigenvalue weighted by Gasteiger charge is 2.17. The van der Waals surface area contributed by atoms with E-state index in [1.165, 1.54) is 5.56 Å². The summed E-state index contributed by atoms with van der Waals surface area (Å²) in [5.41, 5.74) is 1.22. The Hall–Kier alpha value is -2.04. The van der Waals surface area contributed by atoms with Gasteiger partial charge < -0.3 is 15.3 Å². The fourth-order valence-electron chi connectivity index (χ4n) is 2.21. The van der Waals surface area contributed by atoms with Gasteiger partial charge in [-0.15, -0.1) is 0 Å². The van der Waals surface area contributed by atoms with Crippen molar-refractivity contribution in [2.75, 3.05) is 19.6 Å². The molecule has 0 aliphatic rings. The average Bonchev–Trinajstić information content (AvgIpc) is 2.49. The first-order valence-corrected chi connectivity index (χ1v) is 7.38. The first kappa shape index (κ1) is 17.0. The minimum atomic E-state index is -0.908. The molecule has 21 heavy (non-hydrogen) atoms. The van der Waals surface area contributed by atoms with Gasteiger partial charge in [0.2, 0.25) is 0 Å². The van der Waals surface area contributed by atoms with E-state index in [-0.39, 0.29) is 24.9 Å². The van der Waals surface area contributed by atoms with Crippen LogP contribution < -0.4 is 5.32 Å². The molecule has 0 aliphatic carbocycles. The number of carboxylic acids is 1. The van der Waals surface area contributed by atoms with Crippen LogP contribution in [0.3, 0.4) is 0 Å². The molecule has 0 radical (unpaired) electrons. The van der Waals surface area contributed by atoms with E-state index in [9.17, 15) is 9.59 Å². The van der Waals surface area contributed by atoms with Crippen LogP contribution in [0.1, 0.15) is 38.2 Å². The summed E-state index contributed by atoms with van der Waals surface area (Å²) in [5, 5.41) is 11.2. The minimum absolute atomic E-state index is 0.0564. The van der Waals surface area contributed by atoms with Crippen molar-refractivity contribution in [3.63, 3.8) is 0 Å². The number of hydrogen-bond donors (Lipinski definition) is 2. The Kier molecular flexibility index (Phi) is 7.29. The SMILES string of the molecule is CCC(CN(CC)C(=O)NCCC(=O)O)c1ccccc1. The maximum absolute atomic E-state index is 12.1. The van der Waals surface area contributed by atoms with Gasteiger partial charge in [-0.05, 0) is 18.9 Å². The maximum Gasteiger partial charge on any atom is 0.317 e. The van der Waals surface area contributed by atoms with Crippen molar-refractivity contribution in [3.05, 3.63) is 35.9 Å². The third kappa shape index (κ3) is 5.85. The van der Waals surface area contributed by atoms with Crippen LogP contribution >= 0.6 is 0 Å². The van der Waals surface area contributed by atoms with E-state index in [0.29, 0.717) is 13.1 Å². The van der Waals surface area contributed by atoms with E-state index < -0.39 is 5.97 Å². The second-order valence-electron chi connectivity index (χ2n) is 4.93. The van der Waals surface area contributed by atoms with Crippen LogP contribution in [0.2, 0.25) is 0 Å². The fourth-order valence-corrected chi connectivity index (χ4v) is 2.21. The largest absolute Gasteiger partial charge is 0.481 e. The van der Waals surface area contributed by atoms with Gasteiger partial charge in [-0.2, -0.15) is 0 Å². The highest BCUT2D eigenvalue weighted by atomic mass is 16.4. The average molecular weight is 292 g/mol. The molecule has 0 saturated carbocycles. The second-order valence-corrected chi connectivity index (χ2v) is 4.93. The Morgan fingerprint density at radius 1 is 1.24 bits per heavy atom. The lowest BCUT2D eigenvalue weighted by atomic mass is 9.96. The lowest BCUT2D eigenvalue weighted by Gasteiger charge is -2.26. The van der Waals surface area contributed by atoms with Crippen molar-refractivity contribution in [1.82, 2.24) is 10.2 Å². The van der Waals surface area contributed by atoms with Crippen molar-refractivity contribution in [2.45, 2.75) is 32.6 Å². The maximum atomic E-state index is 12.1. The number of nitrogens with one attached hydrogen (secondary N) is 1. The number of nitrogens with zero attached hydrogens (tertiary/aromatic N) is 1. The molecule has 0 bridgehead atoms. The first-order valence-electron chi connectivity index (χ1n) is 7.38. The molecule has 1 aromatic carbocycles. The normalized spacial score (nSPS) is 11.7. The van der Waals surface area contributed by atoms with Crippen LogP contribution in [0.4, 0.5) is 4.79 Å². The summed E-state index contributed by atoms with van der Waals surface area (Å²) in [6, 6.07) is 9.93. The van der Waals surface area contributed by atoms with Crippen LogP contribution in [0.5, 0.6) is 0 Å². The zero-order valence-electron chi connectivity index (χ0n) is 12.7. The van der Waals surface area contributed by atoms with Crippen LogP contribution in [-0.2, 0) is 4.79 Å². The van der Waals surface area contributed by atoms with Crippen LogP contribution in [0, 0.1) is 0 Å². The number of aliphatic carboxylic acids is 1. The van der Waals surface area contributed by atoms with Crippen molar-refractivity contribution in [2.24, 2.45) is 0 Å². The number of carbonyl (C=O) groups is 2. The molecule has 0 heterocycles. The van der Waals surface area contributed by atoms with Gasteiger partial charge in [0.1, 0.15) is 0 Å². The quantitative estimate of drug-likeness (QED) is 0.774. The van der Waals surface area contributed by atoms with Crippen molar-refractivity contribution in [1.29, 1.82) is 0 Å². The number of urea groups is 1. The van der Waals surface area contributed by atoms with Gasteiger partial charge in [0.15, 0.2) is 0 Å². The molecule has 0 fully saturated rings. The third-order valence-electron chi connectivity index (χ3n) is 3.49. The molecule has 0 aliphatic heterocycles. The second kappa shape index (κ2) is 9.00. The van der Waals surface area contributed by atoms with Crippen LogP contribution in [0.25, 0.3) is 0 Å². The Labute approximate surface area is 126 Å². The molecule has 1 atom stereocenters. The molecule has 5 heteroatoms. The van der Waals surface area contributed by atoms with E-state index in [4.69, 9.17) is 5.11 Å². The van der Waals surface area contributed by atoms with Gasteiger partial charge in [-0.25, -0.2) is 4.79 Å². The standard InChI is InChI=1S/C16H24N2O3/c1-3-13(14-8-6-5-7-9-14)12-18(4-2)16(21)17-11-10-15(19)20/h5-9,13H,3-4,10-12H2,1-2H3,(H,17,21)(H,19,20). The molecular weight excluding hydrogens is 268 g/mol. The highest BCUT2D eigenvalue weighted by molar-refractivity contribution is 5.75. The Balaban J connectivity index is 2.58. The smallest absolute Gasteiger partial charge is 0.317 e. The van der Waals surface area contributed by atoms with Crippen LogP contribution in [-0.4, -0.2) is 41.6 Å². The molecule has 1 aromatic rings. The van der Waals surface area contributed by atoms with Gasteiger partial charge in [-0.1, -0.05) is 37.3 Å². The molecule has 0 saturated heterocycles. The number of likely N-dealkylation sites (N-methyl/N-ethyl adjacent to an activating group) is 1. The van der Waals surface area contributed by atoms with Crippen molar-refractivity contribution in [3.8, 4) is 0 Å².